The van der Waals surface area contributed by atoms with Gasteiger partial charge in [0, 0.05) is 19.3 Å². The lowest BCUT2D eigenvalue weighted by molar-refractivity contribution is 0.180. The van der Waals surface area contributed by atoms with E-state index < -0.39 is 10.0 Å². The SMILES string of the molecule is CCOc1ccc(N)cc1S(=O)(=O)N(C)C1CCOC1. The smallest absolute Gasteiger partial charge is 0.246 e. The minimum Gasteiger partial charge on any atom is -0.492 e. The van der Waals surface area contributed by atoms with Crippen LogP contribution in [0.25, 0.3) is 0 Å². The third-order valence-electron chi connectivity index (χ3n) is 3.34. The van der Waals surface area contributed by atoms with Crippen LogP contribution in [0.1, 0.15) is 13.3 Å². The highest BCUT2D eigenvalue weighted by atomic mass is 32.2. The Morgan fingerprint density at radius 3 is 2.85 bits per heavy atom. The molecule has 1 saturated heterocycles. The van der Waals surface area contributed by atoms with E-state index in [1.165, 1.54) is 10.4 Å². The van der Waals surface area contributed by atoms with Gasteiger partial charge >= 0.3 is 0 Å². The topological polar surface area (TPSA) is 81.9 Å². The van der Waals surface area contributed by atoms with Crippen LogP contribution in [0.2, 0.25) is 0 Å². The van der Waals surface area contributed by atoms with Gasteiger partial charge in [-0.25, -0.2) is 8.42 Å². The molecule has 6 nitrogen and oxygen atoms in total. The molecule has 1 unspecified atom stereocenters. The lowest BCUT2D eigenvalue weighted by atomic mass is 10.3. The Balaban J connectivity index is 2.39. The fraction of sp³-hybridized carbons (Fsp3) is 0.538. The monoisotopic (exact) mass is 300 g/mol. The van der Waals surface area contributed by atoms with Crippen molar-refractivity contribution in [3.05, 3.63) is 18.2 Å². The Morgan fingerprint density at radius 1 is 1.50 bits per heavy atom. The van der Waals surface area contributed by atoms with Crippen LogP contribution in [0, 0.1) is 0 Å². The zero-order valence-electron chi connectivity index (χ0n) is 11.7. The van der Waals surface area contributed by atoms with Crippen LogP contribution in [-0.4, -0.2) is 45.6 Å². The normalized spacial score (nSPS) is 19.4. The van der Waals surface area contributed by atoms with Crippen LogP contribution in [0.15, 0.2) is 23.1 Å². The third-order valence-corrected chi connectivity index (χ3v) is 5.28. The minimum atomic E-state index is -3.65. The number of ether oxygens (including phenoxy) is 2. The number of nitrogens with zero attached hydrogens (tertiary/aromatic N) is 1. The zero-order chi connectivity index (χ0) is 14.8. The first kappa shape index (κ1) is 15.1. The van der Waals surface area contributed by atoms with Gasteiger partial charge in [0.05, 0.1) is 19.3 Å². The standard InChI is InChI=1S/C13H20N2O4S/c1-3-19-12-5-4-10(14)8-13(12)20(16,17)15(2)11-6-7-18-9-11/h4-5,8,11H,3,6-7,9,14H2,1-2H3. The van der Waals surface area contributed by atoms with Crippen molar-refractivity contribution in [2.75, 3.05) is 32.6 Å². The molecule has 1 atom stereocenters. The Bertz CT molecular complexity index is 568. The summed E-state index contributed by atoms with van der Waals surface area (Å²) in [5.41, 5.74) is 6.10. The van der Waals surface area contributed by atoms with Crippen LogP contribution >= 0.6 is 0 Å². The van der Waals surface area contributed by atoms with Crippen molar-refractivity contribution in [1.29, 1.82) is 0 Å². The lowest BCUT2D eigenvalue weighted by Crippen LogP contribution is -2.37. The van der Waals surface area contributed by atoms with Crippen molar-refractivity contribution in [3.63, 3.8) is 0 Å². The van der Waals surface area contributed by atoms with Crippen LogP contribution in [0.3, 0.4) is 0 Å². The second-order valence-electron chi connectivity index (χ2n) is 4.68. The molecule has 2 N–H and O–H groups in total. The summed E-state index contributed by atoms with van der Waals surface area (Å²) in [6, 6.07) is 4.51. The van der Waals surface area contributed by atoms with Gasteiger partial charge in [0.25, 0.3) is 0 Å². The molecule has 0 aromatic heterocycles. The Labute approximate surface area is 119 Å². The molecule has 7 heteroatoms. The summed E-state index contributed by atoms with van der Waals surface area (Å²) < 4.78 is 37.4. The molecule has 0 spiro atoms. The van der Waals surface area contributed by atoms with E-state index in [4.69, 9.17) is 15.2 Å². The number of hydrogen-bond acceptors (Lipinski definition) is 5. The third kappa shape index (κ3) is 2.89. The molecule has 1 aliphatic heterocycles. The van der Waals surface area contributed by atoms with E-state index in [9.17, 15) is 8.42 Å². The first-order chi connectivity index (χ1) is 9.46. The average Bonchev–Trinajstić information content (AvgIpc) is 2.94. The quantitative estimate of drug-likeness (QED) is 0.823. The van der Waals surface area contributed by atoms with Gasteiger partial charge in [0.1, 0.15) is 10.6 Å². The zero-order valence-corrected chi connectivity index (χ0v) is 12.5. The molecule has 1 fully saturated rings. The molecular weight excluding hydrogens is 280 g/mol. The predicted octanol–water partition coefficient (Wildman–Crippen LogP) is 1.08. The van der Waals surface area contributed by atoms with Crippen molar-refractivity contribution in [1.82, 2.24) is 4.31 Å². The molecule has 1 aromatic rings. The van der Waals surface area contributed by atoms with Crippen molar-refractivity contribution >= 4 is 15.7 Å². The van der Waals surface area contributed by atoms with E-state index in [1.807, 2.05) is 0 Å². The number of likely N-dealkylation sites (N-methyl/N-ethyl adjacent to an activating group) is 1. The van der Waals surface area contributed by atoms with Crippen molar-refractivity contribution < 1.29 is 17.9 Å². The van der Waals surface area contributed by atoms with Gasteiger partial charge in [0.2, 0.25) is 10.0 Å². The number of rotatable bonds is 5. The number of hydrogen-bond donors (Lipinski definition) is 1. The Morgan fingerprint density at radius 2 is 2.25 bits per heavy atom. The highest BCUT2D eigenvalue weighted by Crippen LogP contribution is 2.30. The summed E-state index contributed by atoms with van der Waals surface area (Å²) in [7, 11) is -2.09. The van der Waals surface area contributed by atoms with E-state index in [-0.39, 0.29) is 10.9 Å². The number of benzene rings is 1. The highest BCUT2D eigenvalue weighted by molar-refractivity contribution is 7.89. The largest absolute Gasteiger partial charge is 0.492 e. The van der Waals surface area contributed by atoms with Crippen LogP contribution in [0.4, 0.5) is 5.69 Å². The second kappa shape index (κ2) is 5.99. The fourth-order valence-corrected chi connectivity index (χ4v) is 3.70. The van der Waals surface area contributed by atoms with E-state index in [2.05, 4.69) is 0 Å². The second-order valence-corrected chi connectivity index (χ2v) is 6.64. The van der Waals surface area contributed by atoms with Gasteiger partial charge in [-0.3, -0.25) is 0 Å². The van der Waals surface area contributed by atoms with E-state index in [1.54, 1.807) is 26.1 Å². The Kier molecular flexibility index (Phi) is 4.52. The van der Waals surface area contributed by atoms with Gasteiger partial charge < -0.3 is 15.2 Å². The number of anilines is 1. The van der Waals surface area contributed by atoms with Crippen molar-refractivity contribution in [2.45, 2.75) is 24.3 Å². The molecule has 0 amide bonds. The van der Waals surface area contributed by atoms with E-state index in [0.29, 0.717) is 37.7 Å². The molecule has 0 aliphatic carbocycles. The molecule has 0 saturated carbocycles. The van der Waals surface area contributed by atoms with E-state index >= 15 is 0 Å². The van der Waals surface area contributed by atoms with Crippen LogP contribution in [-0.2, 0) is 14.8 Å². The van der Waals surface area contributed by atoms with Crippen molar-refractivity contribution in [2.24, 2.45) is 0 Å². The maximum absolute atomic E-state index is 12.7. The van der Waals surface area contributed by atoms with Crippen LogP contribution < -0.4 is 10.5 Å². The summed E-state index contributed by atoms with van der Waals surface area (Å²) in [6.07, 6.45) is 0.696. The molecule has 112 valence electrons. The molecule has 1 heterocycles. The molecule has 20 heavy (non-hydrogen) atoms. The summed E-state index contributed by atoms with van der Waals surface area (Å²) in [5.74, 6) is 0.326. The molecule has 2 rings (SSSR count). The predicted molar refractivity (Wildman–Crippen MR) is 76.2 cm³/mol. The Hall–Kier alpha value is -1.31. The molecule has 1 aromatic carbocycles. The summed E-state index contributed by atoms with van der Waals surface area (Å²) >= 11 is 0. The molecule has 0 bridgehead atoms. The van der Waals surface area contributed by atoms with Gasteiger partial charge in [-0.2, -0.15) is 4.31 Å². The number of sulfonamides is 1. The highest BCUT2D eigenvalue weighted by Gasteiger charge is 2.32. The number of nitrogen functional groups attached to an aromatic ring is 1. The van der Waals surface area contributed by atoms with E-state index in [0.717, 1.165) is 0 Å². The average molecular weight is 300 g/mol. The fourth-order valence-electron chi connectivity index (χ4n) is 2.16. The first-order valence-electron chi connectivity index (χ1n) is 6.55. The minimum absolute atomic E-state index is 0.105. The van der Waals surface area contributed by atoms with Crippen molar-refractivity contribution in [3.8, 4) is 5.75 Å². The first-order valence-corrected chi connectivity index (χ1v) is 7.99. The maximum Gasteiger partial charge on any atom is 0.246 e. The van der Waals surface area contributed by atoms with Gasteiger partial charge in [0.15, 0.2) is 0 Å². The number of nitrogens with two attached hydrogens (primary N) is 1. The van der Waals surface area contributed by atoms with Gasteiger partial charge in [-0.15, -0.1) is 0 Å². The molecular formula is C13H20N2O4S. The lowest BCUT2D eigenvalue weighted by Gasteiger charge is -2.23. The van der Waals surface area contributed by atoms with Gasteiger partial charge in [-0.05, 0) is 31.5 Å². The van der Waals surface area contributed by atoms with Crippen LogP contribution in [0.5, 0.6) is 5.75 Å². The van der Waals surface area contributed by atoms with Gasteiger partial charge in [-0.1, -0.05) is 0 Å². The summed E-state index contributed by atoms with van der Waals surface area (Å²) in [6.45, 7) is 3.20. The summed E-state index contributed by atoms with van der Waals surface area (Å²) in [5, 5.41) is 0. The molecule has 0 radical (unpaired) electrons. The molecule has 1 aliphatic rings. The maximum atomic E-state index is 12.7. The summed E-state index contributed by atoms with van der Waals surface area (Å²) in [4.78, 5) is 0.105.